The van der Waals surface area contributed by atoms with E-state index in [0.717, 1.165) is 0 Å². The van der Waals surface area contributed by atoms with E-state index in [1.54, 1.807) is 30.0 Å². The zero-order valence-corrected chi connectivity index (χ0v) is 15.3. The summed E-state index contributed by atoms with van der Waals surface area (Å²) < 4.78 is 23.9. The minimum Gasteiger partial charge on any atom is -0.314 e. The number of rotatable bonds is 2. The lowest BCUT2D eigenvalue weighted by Crippen LogP contribution is -2.37. The number of sulfone groups is 1. The molecule has 1 aromatic rings. The molecule has 0 spiro atoms. The maximum atomic E-state index is 12.0. The molecule has 2 heterocycles. The fraction of sp³-hybridized carbons (Fsp3) is 0.429. The highest BCUT2D eigenvalue weighted by atomic mass is 35.5. The summed E-state index contributed by atoms with van der Waals surface area (Å²) >= 11 is 13.7. The van der Waals surface area contributed by atoms with Gasteiger partial charge in [0.15, 0.2) is 15.0 Å². The van der Waals surface area contributed by atoms with Crippen LogP contribution in [0.5, 0.6) is 0 Å². The van der Waals surface area contributed by atoms with E-state index in [2.05, 4.69) is 4.99 Å². The summed E-state index contributed by atoms with van der Waals surface area (Å²) in [7, 11) is -3.11. The van der Waals surface area contributed by atoms with E-state index >= 15 is 0 Å². The van der Waals surface area contributed by atoms with Gasteiger partial charge < -0.3 is 4.90 Å². The maximum absolute atomic E-state index is 12.0. The Bertz CT molecular complexity index is 795. The third-order valence-electron chi connectivity index (χ3n) is 3.76. The summed E-state index contributed by atoms with van der Waals surface area (Å²) in [6.07, 6.45) is 0.287. The highest BCUT2D eigenvalue weighted by molar-refractivity contribution is 8.16. The lowest BCUT2D eigenvalue weighted by atomic mass is 10.2. The molecule has 0 aromatic heterocycles. The van der Waals surface area contributed by atoms with Crippen LogP contribution in [0.15, 0.2) is 23.2 Å². The third-order valence-corrected chi connectivity index (χ3v) is 7.52. The molecule has 2 aliphatic rings. The molecule has 0 saturated carbocycles. The number of aliphatic imine (C=N–C) groups is 1. The average Bonchev–Trinajstić information content (AvgIpc) is 2.92. The van der Waals surface area contributed by atoms with E-state index in [0.29, 0.717) is 20.9 Å². The van der Waals surface area contributed by atoms with Gasteiger partial charge in [-0.25, -0.2) is 8.42 Å². The maximum Gasteiger partial charge on any atom is 0.247 e. The molecular weight excluding hydrogens is 379 g/mol. The number of carbonyl (C=O) groups is 1. The summed E-state index contributed by atoms with van der Waals surface area (Å²) in [4.78, 5) is 17.6. The molecule has 0 radical (unpaired) electrons. The minimum absolute atomic E-state index is 0.0207. The molecule has 2 saturated heterocycles. The summed E-state index contributed by atoms with van der Waals surface area (Å²) in [5.41, 5.74) is 0.582. The first-order valence-corrected chi connectivity index (χ1v) is 10.5. The molecule has 0 aliphatic carbocycles. The average molecular weight is 393 g/mol. The van der Waals surface area contributed by atoms with Gasteiger partial charge in [0.2, 0.25) is 5.91 Å². The van der Waals surface area contributed by atoms with Gasteiger partial charge in [-0.15, -0.1) is 0 Å². The zero-order chi connectivity index (χ0) is 16.8. The molecule has 0 N–H and O–H groups in total. The van der Waals surface area contributed by atoms with Crippen LogP contribution < -0.4 is 4.90 Å². The Hall–Kier alpha value is -0.760. The van der Waals surface area contributed by atoms with Crippen molar-refractivity contribution in [2.24, 2.45) is 4.99 Å². The molecule has 23 heavy (non-hydrogen) atoms. The molecule has 9 heteroatoms. The third kappa shape index (κ3) is 3.38. The Kier molecular flexibility index (Phi) is 4.66. The molecule has 5 nitrogen and oxygen atoms in total. The second-order valence-electron chi connectivity index (χ2n) is 5.41. The number of nitrogens with zero attached hydrogens (tertiary/aromatic N) is 2. The minimum atomic E-state index is -3.11. The van der Waals surface area contributed by atoms with Gasteiger partial charge in [-0.2, -0.15) is 4.99 Å². The van der Waals surface area contributed by atoms with E-state index in [1.807, 2.05) is 0 Å². The van der Waals surface area contributed by atoms with Crippen molar-refractivity contribution in [3.05, 3.63) is 28.2 Å². The number of amidine groups is 1. The smallest absolute Gasteiger partial charge is 0.247 e. The zero-order valence-electron chi connectivity index (χ0n) is 12.2. The molecule has 0 bridgehead atoms. The standard InChI is InChI=1S/C14H14Cl2N2O3S2/c1-2-13(19)17-14-18(10-5-8(15)3-4-9(10)16)11-6-23(20,21)7-12(11)22-14/h3-5,11-12H,2,6-7H2,1H3/t11-,12+/m1/s1. The number of thioether (sulfide) groups is 1. The number of carbonyl (C=O) groups excluding carboxylic acids is 1. The van der Waals surface area contributed by atoms with Crippen molar-refractivity contribution in [2.75, 3.05) is 16.4 Å². The summed E-state index contributed by atoms with van der Waals surface area (Å²) in [6.45, 7) is 1.73. The van der Waals surface area contributed by atoms with Crippen LogP contribution in [0.1, 0.15) is 13.3 Å². The number of amides is 1. The first-order chi connectivity index (χ1) is 10.8. The number of fused-ring (bicyclic) bond motifs is 1. The van der Waals surface area contributed by atoms with Crippen molar-refractivity contribution < 1.29 is 13.2 Å². The molecule has 1 amide bonds. The molecule has 2 atom stereocenters. The van der Waals surface area contributed by atoms with E-state index in [9.17, 15) is 13.2 Å². The largest absolute Gasteiger partial charge is 0.314 e. The second kappa shape index (κ2) is 6.27. The van der Waals surface area contributed by atoms with Crippen molar-refractivity contribution in [3.8, 4) is 0 Å². The predicted molar refractivity (Wildman–Crippen MR) is 95.5 cm³/mol. The molecule has 3 rings (SSSR count). The van der Waals surface area contributed by atoms with E-state index < -0.39 is 9.84 Å². The summed E-state index contributed by atoms with van der Waals surface area (Å²) in [5, 5.41) is 1.26. The van der Waals surface area contributed by atoms with Crippen molar-refractivity contribution in [3.63, 3.8) is 0 Å². The lowest BCUT2D eigenvalue weighted by Gasteiger charge is -2.25. The fourth-order valence-electron chi connectivity index (χ4n) is 2.70. The van der Waals surface area contributed by atoms with Crippen LogP contribution in [0, 0.1) is 0 Å². The van der Waals surface area contributed by atoms with Crippen molar-refractivity contribution in [1.82, 2.24) is 0 Å². The van der Waals surface area contributed by atoms with Crippen molar-refractivity contribution >= 4 is 61.6 Å². The van der Waals surface area contributed by atoms with Gasteiger partial charge in [-0.3, -0.25) is 4.79 Å². The quantitative estimate of drug-likeness (QED) is 0.773. The van der Waals surface area contributed by atoms with E-state index in [4.69, 9.17) is 23.2 Å². The Labute approximate surface area is 149 Å². The van der Waals surface area contributed by atoms with Gasteiger partial charge in [-0.05, 0) is 18.2 Å². The van der Waals surface area contributed by atoms with E-state index in [1.165, 1.54) is 11.8 Å². The van der Waals surface area contributed by atoms with Gasteiger partial charge in [0, 0.05) is 16.7 Å². The normalized spacial score (nSPS) is 27.4. The number of hydrogen-bond donors (Lipinski definition) is 0. The Morgan fingerprint density at radius 3 is 2.83 bits per heavy atom. The number of halogens is 2. The van der Waals surface area contributed by atoms with Crippen LogP contribution >= 0.6 is 35.0 Å². The topological polar surface area (TPSA) is 66.8 Å². The molecular formula is C14H14Cl2N2O3S2. The Morgan fingerprint density at radius 2 is 2.13 bits per heavy atom. The first-order valence-electron chi connectivity index (χ1n) is 7.03. The molecule has 2 fully saturated rings. The highest BCUT2D eigenvalue weighted by Crippen LogP contribution is 2.43. The predicted octanol–water partition coefficient (Wildman–Crippen LogP) is 3.00. The number of hydrogen-bond acceptors (Lipinski definition) is 4. The van der Waals surface area contributed by atoms with Gasteiger partial charge >= 0.3 is 0 Å². The SMILES string of the molecule is CCC(=O)N=C1S[C@H]2CS(=O)(=O)C[C@H]2N1c1cc(Cl)ccc1Cl. The Balaban J connectivity index is 2.08. The molecule has 2 aliphatic heterocycles. The van der Waals surface area contributed by atoms with Gasteiger partial charge in [-0.1, -0.05) is 41.9 Å². The summed E-state index contributed by atoms with van der Waals surface area (Å²) in [6, 6.07) is 4.70. The van der Waals surface area contributed by atoms with Crippen LogP contribution in [0.2, 0.25) is 10.0 Å². The monoisotopic (exact) mass is 392 g/mol. The number of anilines is 1. The van der Waals surface area contributed by atoms with Gasteiger partial charge in [0.1, 0.15) is 0 Å². The highest BCUT2D eigenvalue weighted by Gasteiger charge is 2.49. The van der Waals surface area contributed by atoms with Crippen LogP contribution in [-0.2, 0) is 14.6 Å². The van der Waals surface area contributed by atoms with Gasteiger partial charge in [0.25, 0.3) is 0 Å². The molecule has 1 aromatic carbocycles. The van der Waals surface area contributed by atoms with Crippen LogP contribution in [0.3, 0.4) is 0 Å². The summed E-state index contributed by atoms with van der Waals surface area (Å²) in [5.74, 6) is -0.151. The van der Waals surface area contributed by atoms with Crippen LogP contribution in [-0.4, -0.2) is 42.3 Å². The fourth-order valence-corrected chi connectivity index (χ4v) is 7.00. The van der Waals surface area contributed by atoms with E-state index in [-0.39, 0.29) is 35.1 Å². The molecule has 124 valence electrons. The first kappa shape index (κ1) is 17.1. The molecule has 0 unspecified atom stereocenters. The lowest BCUT2D eigenvalue weighted by molar-refractivity contribution is -0.117. The van der Waals surface area contributed by atoms with Crippen molar-refractivity contribution in [1.29, 1.82) is 0 Å². The number of benzene rings is 1. The van der Waals surface area contributed by atoms with Crippen LogP contribution in [0.25, 0.3) is 0 Å². The van der Waals surface area contributed by atoms with Gasteiger partial charge in [0.05, 0.1) is 28.3 Å². The van der Waals surface area contributed by atoms with Crippen LogP contribution in [0.4, 0.5) is 5.69 Å². The second-order valence-corrected chi connectivity index (χ2v) is 9.61. The Morgan fingerprint density at radius 1 is 1.39 bits per heavy atom. The van der Waals surface area contributed by atoms with Crippen molar-refractivity contribution in [2.45, 2.75) is 24.6 Å².